The lowest BCUT2D eigenvalue weighted by Crippen LogP contribution is -2.36. The van der Waals surface area contributed by atoms with E-state index in [1.54, 1.807) is 25.3 Å². The van der Waals surface area contributed by atoms with Crippen molar-refractivity contribution in [1.82, 2.24) is 19.2 Å². The molecule has 10 heteroatoms. The van der Waals surface area contributed by atoms with E-state index in [0.717, 1.165) is 11.0 Å². The van der Waals surface area contributed by atoms with Gasteiger partial charge >= 0.3 is 0 Å². The van der Waals surface area contributed by atoms with E-state index in [1.165, 1.54) is 23.3 Å². The van der Waals surface area contributed by atoms with Gasteiger partial charge in [-0.25, -0.2) is 4.98 Å². The number of aromatic nitrogens is 2. The summed E-state index contributed by atoms with van der Waals surface area (Å²) in [5, 5.41) is 11.1. The van der Waals surface area contributed by atoms with Crippen molar-refractivity contribution in [1.29, 1.82) is 0 Å². The number of carbonyl (C=O) groups excluding carboxylic acids is 2. The Bertz CT molecular complexity index is 1570. The molecule has 1 unspecified atom stereocenters. The Labute approximate surface area is 218 Å². The number of rotatable bonds is 8. The summed E-state index contributed by atoms with van der Waals surface area (Å²) < 4.78 is 13.0. The van der Waals surface area contributed by atoms with E-state index in [0.29, 0.717) is 45.7 Å². The van der Waals surface area contributed by atoms with Crippen LogP contribution in [0.4, 0.5) is 0 Å². The third-order valence-corrected chi connectivity index (χ3v) is 7.80. The highest BCUT2D eigenvalue weighted by molar-refractivity contribution is 7.19. The first kappa shape index (κ1) is 24.8. The molecule has 0 saturated carbocycles. The number of fused-ring (bicyclic) bond motifs is 3. The lowest BCUT2D eigenvalue weighted by Gasteiger charge is -2.29. The molecule has 0 bridgehead atoms. The lowest BCUT2D eigenvalue weighted by molar-refractivity contribution is -0.129. The first-order valence-corrected chi connectivity index (χ1v) is 12.6. The fourth-order valence-electron chi connectivity index (χ4n) is 4.80. The number of imidazole rings is 1. The fourth-order valence-corrected chi connectivity index (χ4v) is 5.89. The monoisotopic (exact) mass is 520 g/mol. The molecule has 0 fully saturated rings. The molecule has 1 amide bonds. The van der Waals surface area contributed by atoms with Crippen LogP contribution in [0.1, 0.15) is 27.0 Å². The number of hydrogen-bond acceptors (Lipinski definition) is 8. The molecule has 4 aromatic rings. The van der Waals surface area contributed by atoms with Crippen LogP contribution < -0.4 is 9.47 Å². The SMILES string of the molecule is COc1ccc(OC)c(C2C(C(=O)c3sc4nc5ccccc5n4c3C)=C(O)C(=O)N2CCN(C)C)c1. The van der Waals surface area contributed by atoms with Crippen molar-refractivity contribution >= 4 is 39.0 Å². The van der Waals surface area contributed by atoms with Gasteiger partial charge in [0.1, 0.15) is 11.5 Å². The van der Waals surface area contributed by atoms with Crippen molar-refractivity contribution in [3.63, 3.8) is 0 Å². The number of methoxy groups -OCH3 is 2. The Balaban J connectivity index is 1.67. The van der Waals surface area contributed by atoms with Gasteiger partial charge in [0, 0.05) is 24.3 Å². The number of amides is 1. The molecule has 1 N–H and O–H groups in total. The molecule has 2 aromatic heterocycles. The number of Topliss-reactive ketones (excluding diaryl/α,β-unsaturated/α-hetero) is 1. The Hall–Kier alpha value is -3.89. The average Bonchev–Trinajstić information content (AvgIpc) is 3.50. The first-order chi connectivity index (χ1) is 17.8. The fraction of sp³-hybridized carbons (Fsp3) is 0.296. The maximum atomic E-state index is 14.1. The molecule has 1 atom stereocenters. The minimum atomic E-state index is -0.851. The van der Waals surface area contributed by atoms with Crippen molar-refractivity contribution < 1.29 is 24.2 Å². The van der Waals surface area contributed by atoms with Crippen molar-refractivity contribution in [3.05, 3.63) is 69.9 Å². The number of ketones is 1. The Morgan fingerprint density at radius 1 is 1.16 bits per heavy atom. The Morgan fingerprint density at radius 2 is 1.92 bits per heavy atom. The van der Waals surface area contributed by atoms with E-state index in [9.17, 15) is 14.7 Å². The number of para-hydroxylation sites is 2. The minimum absolute atomic E-state index is 0.0206. The second-order valence-corrected chi connectivity index (χ2v) is 10.1. The van der Waals surface area contributed by atoms with Gasteiger partial charge in [-0.2, -0.15) is 0 Å². The zero-order chi connectivity index (χ0) is 26.4. The summed E-state index contributed by atoms with van der Waals surface area (Å²) >= 11 is 1.25. The molecule has 0 spiro atoms. The van der Waals surface area contributed by atoms with E-state index in [2.05, 4.69) is 4.98 Å². The topological polar surface area (TPSA) is 96.6 Å². The molecule has 0 aliphatic carbocycles. The highest BCUT2D eigenvalue weighted by Gasteiger charge is 2.45. The molecule has 0 saturated heterocycles. The molecular formula is C27H28N4O5S. The number of likely N-dealkylation sites (N-methyl/N-ethyl adjacent to an activating group) is 1. The van der Waals surface area contributed by atoms with E-state index in [1.807, 2.05) is 54.6 Å². The number of aryl methyl sites for hydroxylation is 1. The summed E-state index contributed by atoms with van der Waals surface area (Å²) in [5.41, 5.74) is 3.01. The number of hydrogen-bond donors (Lipinski definition) is 1. The Kier molecular flexibility index (Phi) is 6.38. The third kappa shape index (κ3) is 4.02. The predicted molar refractivity (Wildman–Crippen MR) is 142 cm³/mol. The van der Waals surface area contributed by atoms with Crippen LogP contribution in [-0.2, 0) is 4.79 Å². The van der Waals surface area contributed by atoms with Crippen molar-refractivity contribution in [2.24, 2.45) is 0 Å². The summed E-state index contributed by atoms with van der Waals surface area (Å²) in [7, 11) is 6.87. The normalized spacial score (nSPS) is 16.0. The second-order valence-electron chi connectivity index (χ2n) is 9.14. The van der Waals surface area contributed by atoms with Crippen LogP contribution in [0.25, 0.3) is 16.0 Å². The van der Waals surface area contributed by atoms with Crippen LogP contribution in [0, 0.1) is 6.92 Å². The minimum Gasteiger partial charge on any atom is -0.503 e. The number of thiazole rings is 1. The zero-order valence-electron chi connectivity index (χ0n) is 21.3. The van der Waals surface area contributed by atoms with Gasteiger partial charge in [0.15, 0.2) is 10.7 Å². The average molecular weight is 521 g/mol. The van der Waals surface area contributed by atoms with Gasteiger partial charge in [-0.15, -0.1) is 0 Å². The van der Waals surface area contributed by atoms with Gasteiger partial charge in [-0.05, 0) is 51.4 Å². The maximum absolute atomic E-state index is 14.1. The second kappa shape index (κ2) is 9.53. The van der Waals surface area contributed by atoms with E-state index in [4.69, 9.17) is 9.47 Å². The van der Waals surface area contributed by atoms with Gasteiger partial charge in [-0.1, -0.05) is 23.5 Å². The highest BCUT2D eigenvalue weighted by atomic mass is 32.1. The number of benzene rings is 2. The number of aliphatic hydroxyl groups is 1. The van der Waals surface area contributed by atoms with Crippen molar-refractivity contribution in [2.75, 3.05) is 41.4 Å². The largest absolute Gasteiger partial charge is 0.503 e. The van der Waals surface area contributed by atoms with Gasteiger partial charge in [-0.3, -0.25) is 14.0 Å². The van der Waals surface area contributed by atoms with Crippen LogP contribution in [-0.4, -0.2) is 77.4 Å². The molecule has 1 aliphatic heterocycles. The molecule has 9 nitrogen and oxygen atoms in total. The number of ether oxygens (including phenoxy) is 2. The van der Waals surface area contributed by atoms with Gasteiger partial charge in [0.2, 0.25) is 5.78 Å². The molecule has 37 heavy (non-hydrogen) atoms. The van der Waals surface area contributed by atoms with Gasteiger partial charge in [0.05, 0.1) is 41.7 Å². The summed E-state index contributed by atoms with van der Waals surface area (Å²) in [6.45, 7) is 2.69. The summed E-state index contributed by atoms with van der Waals surface area (Å²) in [4.78, 5) is 36.7. The van der Waals surface area contributed by atoms with E-state index in [-0.39, 0.29) is 5.57 Å². The molecule has 1 aliphatic rings. The van der Waals surface area contributed by atoms with Gasteiger partial charge in [0.25, 0.3) is 5.91 Å². The van der Waals surface area contributed by atoms with Crippen LogP contribution in [0.3, 0.4) is 0 Å². The third-order valence-electron chi connectivity index (χ3n) is 6.66. The predicted octanol–water partition coefficient (Wildman–Crippen LogP) is 4.01. The van der Waals surface area contributed by atoms with Gasteiger partial charge < -0.3 is 24.4 Å². The van der Waals surface area contributed by atoms with Crippen LogP contribution >= 0.6 is 11.3 Å². The zero-order valence-corrected chi connectivity index (χ0v) is 22.1. The molecule has 5 rings (SSSR count). The smallest absolute Gasteiger partial charge is 0.290 e. The van der Waals surface area contributed by atoms with E-state index < -0.39 is 23.5 Å². The van der Waals surface area contributed by atoms with Crippen LogP contribution in [0.5, 0.6) is 11.5 Å². The van der Waals surface area contributed by atoms with Crippen LogP contribution in [0.15, 0.2) is 53.8 Å². The highest BCUT2D eigenvalue weighted by Crippen LogP contribution is 2.44. The number of nitrogens with zero attached hydrogens (tertiary/aromatic N) is 4. The number of carbonyl (C=O) groups is 2. The summed E-state index contributed by atoms with van der Waals surface area (Å²) in [5.74, 6) is -0.521. The molecule has 192 valence electrons. The summed E-state index contributed by atoms with van der Waals surface area (Å²) in [6, 6.07) is 12.1. The summed E-state index contributed by atoms with van der Waals surface area (Å²) in [6.07, 6.45) is 0. The molecule has 3 heterocycles. The van der Waals surface area contributed by atoms with Crippen LogP contribution in [0.2, 0.25) is 0 Å². The quantitative estimate of drug-likeness (QED) is 0.351. The molecule has 2 aromatic carbocycles. The maximum Gasteiger partial charge on any atom is 0.290 e. The van der Waals surface area contributed by atoms with E-state index >= 15 is 0 Å². The lowest BCUT2D eigenvalue weighted by atomic mass is 9.94. The molecular weight excluding hydrogens is 492 g/mol. The van der Waals surface area contributed by atoms with Crippen molar-refractivity contribution in [2.45, 2.75) is 13.0 Å². The molecule has 0 radical (unpaired) electrons. The Morgan fingerprint density at radius 3 is 2.62 bits per heavy atom. The standard InChI is InChI=1S/C27H28N4O5S/c1-15-25(37-27-28-18-8-6-7-9-19(18)31(15)27)23(32)21-22(17-14-16(35-4)10-11-20(17)36-5)30(13-12-29(2)3)26(34)24(21)33/h6-11,14,22,33H,12-13H2,1-5H3. The number of aliphatic hydroxyl groups excluding tert-OH is 1. The van der Waals surface area contributed by atoms with Crippen molar-refractivity contribution in [3.8, 4) is 11.5 Å². The first-order valence-electron chi connectivity index (χ1n) is 11.8.